The number of hydrogen-bond donors (Lipinski definition) is 0. The molecule has 2 amide bonds. The number of para-hydroxylation sites is 1. The van der Waals surface area contributed by atoms with Crippen molar-refractivity contribution in [1.29, 1.82) is 0 Å². The van der Waals surface area contributed by atoms with E-state index >= 15 is 4.79 Å². The van der Waals surface area contributed by atoms with Crippen molar-refractivity contribution in [2.75, 3.05) is 4.90 Å². The third-order valence-electron chi connectivity index (χ3n) is 11.1. The summed E-state index contributed by atoms with van der Waals surface area (Å²) in [6.45, 7) is 4.27. The molecule has 4 nitrogen and oxygen atoms in total. The lowest BCUT2D eigenvalue weighted by molar-refractivity contribution is 0.0926. The number of anilines is 1. The second kappa shape index (κ2) is 13.2. The normalized spacial score (nSPS) is 12.5. The molecule has 4 heteroatoms. The van der Waals surface area contributed by atoms with Crippen molar-refractivity contribution in [2.24, 2.45) is 0 Å². The molecule has 1 aliphatic rings. The van der Waals surface area contributed by atoms with Gasteiger partial charge in [0, 0.05) is 21.9 Å². The molecule has 266 valence electrons. The van der Waals surface area contributed by atoms with Crippen LogP contribution in [-0.2, 0) is 0 Å². The van der Waals surface area contributed by atoms with Gasteiger partial charge in [0.1, 0.15) is 0 Å². The van der Waals surface area contributed by atoms with E-state index in [0.717, 1.165) is 60.8 Å². The topological polar surface area (TPSA) is 42.3 Å². The summed E-state index contributed by atoms with van der Waals surface area (Å²) in [5.74, 6) is -0.688. The zero-order chi connectivity index (χ0) is 37.9. The van der Waals surface area contributed by atoms with Crippen molar-refractivity contribution in [3.8, 4) is 50.2 Å². The van der Waals surface area contributed by atoms with Gasteiger partial charge in [-0.1, -0.05) is 145 Å². The summed E-state index contributed by atoms with van der Waals surface area (Å²) in [6, 6.07) is 61.6. The molecule has 8 aromatic carbocycles. The fraction of sp³-hybridized carbons (Fsp3) is 0.0385. The largest absolute Gasteiger partial charge is 0.308 e. The first-order valence-electron chi connectivity index (χ1n) is 18.9. The van der Waals surface area contributed by atoms with E-state index in [9.17, 15) is 4.79 Å². The van der Waals surface area contributed by atoms with E-state index < -0.39 is 0 Å². The van der Waals surface area contributed by atoms with E-state index in [1.807, 2.05) is 97.1 Å². The fourth-order valence-corrected chi connectivity index (χ4v) is 8.54. The highest BCUT2D eigenvalue weighted by Crippen LogP contribution is 2.47. The second-order valence-electron chi connectivity index (χ2n) is 14.6. The molecule has 56 heavy (non-hydrogen) atoms. The molecule has 2 heterocycles. The molecule has 0 radical (unpaired) electrons. The predicted molar refractivity (Wildman–Crippen MR) is 230 cm³/mol. The van der Waals surface area contributed by atoms with Crippen molar-refractivity contribution in [2.45, 2.75) is 13.8 Å². The Morgan fingerprint density at radius 3 is 1.66 bits per heavy atom. The van der Waals surface area contributed by atoms with Crippen molar-refractivity contribution < 1.29 is 9.59 Å². The average Bonchev–Trinajstić information content (AvgIpc) is 3.71. The van der Waals surface area contributed by atoms with Crippen molar-refractivity contribution in [3.63, 3.8) is 0 Å². The first kappa shape index (κ1) is 33.3. The van der Waals surface area contributed by atoms with Gasteiger partial charge in [0.2, 0.25) is 0 Å². The standard InChI is InChI=1S/C52H36N2O2/c1-33-25-27-40(34(2)29-33)38-26-28-47-45(30-38)41-21-12-13-23-46(41)53(47)48-24-14-22-42-49(48)52(56)54(51(42)55)50-43(36-17-8-4-9-18-36)31-39(35-15-6-3-7-16-35)32-44(50)37-19-10-5-11-20-37/h3-32H,1-2H3. The molecule has 0 bridgehead atoms. The lowest BCUT2D eigenvalue weighted by atomic mass is 9.90. The molecule has 0 saturated heterocycles. The van der Waals surface area contributed by atoms with Crippen molar-refractivity contribution >= 4 is 39.3 Å². The van der Waals surface area contributed by atoms with Crippen LogP contribution in [0.25, 0.3) is 72.0 Å². The van der Waals surface area contributed by atoms with Crippen LogP contribution in [0.3, 0.4) is 0 Å². The average molecular weight is 721 g/mol. The number of amides is 2. The van der Waals surface area contributed by atoms with Crippen LogP contribution in [0.2, 0.25) is 0 Å². The molecule has 0 fully saturated rings. The summed E-state index contributed by atoms with van der Waals surface area (Å²) < 4.78 is 2.15. The Balaban J connectivity index is 1.20. The molecule has 1 aromatic heterocycles. The molecule has 9 aromatic rings. The Kier molecular flexibility index (Phi) is 7.86. The summed E-state index contributed by atoms with van der Waals surface area (Å²) in [6.07, 6.45) is 0. The first-order valence-corrected chi connectivity index (χ1v) is 18.9. The lowest BCUT2D eigenvalue weighted by Crippen LogP contribution is -2.30. The Bertz CT molecular complexity index is 2960. The van der Waals surface area contributed by atoms with Gasteiger partial charge in [0.05, 0.1) is 33.5 Å². The Morgan fingerprint density at radius 1 is 0.393 bits per heavy atom. The number of nitrogens with zero attached hydrogens (tertiary/aromatic N) is 2. The van der Waals surface area contributed by atoms with Crippen LogP contribution in [0, 0.1) is 13.8 Å². The van der Waals surface area contributed by atoms with E-state index in [4.69, 9.17) is 0 Å². The highest BCUT2D eigenvalue weighted by molar-refractivity contribution is 6.37. The minimum Gasteiger partial charge on any atom is -0.308 e. The number of aromatic nitrogens is 1. The SMILES string of the molecule is Cc1ccc(-c2ccc3c(c2)c2ccccc2n3-c2cccc3c2C(=O)N(c2c(-c4ccccc4)cc(-c4ccccc4)cc2-c2ccccc2)C3=O)c(C)c1. The monoisotopic (exact) mass is 720 g/mol. The molecule has 1 aliphatic heterocycles. The summed E-state index contributed by atoms with van der Waals surface area (Å²) in [5, 5.41) is 2.16. The third kappa shape index (κ3) is 5.30. The molecule has 0 aliphatic carbocycles. The van der Waals surface area contributed by atoms with Gasteiger partial charge in [-0.25, -0.2) is 4.90 Å². The number of carbonyl (C=O) groups excluding carboxylic acids is 2. The Morgan fingerprint density at radius 2 is 1.00 bits per heavy atom. The second-order valence-corrected chi connectivity index (χ2v) is 14.6. The van der Waals surface area contributed by atoms with Gasteiger partial charge in [0.15, 0.2) is 0 Å². The van der Waals surface area contributed by atoms with Gasteiger partial charge in [-0.15, -0.1) is 0 Å². The Hall–Kier alpha value is -7.30. The molecule has 0 unspecified atom stereocenters. The summed E-state index contributed by atoms with van der Waals surface area (Å²) in [7, 11) is 0. The van der Waals surface area contributed by atoms with Crippen molar-refractivity contribution in [1.82, 2.24) is 4.57 Å². The number of imide groups is 1. The predicted octanol–water partition coefficient (Wildman–Crippen LogP) is 12.9. The lowest BCUT2D eigenvalue weighted by Gasteiger charge is -2.24. The van der Waals surface area contributed by atoms with Crippen LogP contribution in [0.4, 0.5) is 5.69 Å². The minimum absolute atomic E-state index is 0.341. The summed E-state index contributed by atoms with van der Waals surface area (Å²) in [5.41, 5.74) is 14.2. The maximum Gasteiger partial charge on any atom is 0.268 e. The molecular weight excluding hydrogens is 685 g/mol. The number of rotatable bonds is 6. The van der Waals surface area contributed by atoms with Gasteiger partial charge in [-0.3, -0.25) is 9.59 Å². The maximum absolute atomic E-state index is 15.3. The zero-order valence-corrected chi connectivity index (χ0v) is 31.0. The highest BCUT2D eigenvalue weighted by atomic mass is 16.2. The number of aryl methyl sites for hydroxylation is 2. The first-order chi connectivity index (χ1) is 27.5. The van der Waals surface area contributed by atoms with E-state index in [1.54, 1.807) is 6.07 Å². The molecule has 0 saturated carbocycles. The van der Waals surface area contributed by atoms with Gasteiger partial charge in [-0.05, 0) is 95.3 Å². The quantitative estimate of drug-likeness (QED) is 0.161. The van der Waals surface area contributed by atoms with E-state index in [2.05, 4.69) is 97.3 Å². The third-order valence-corrected chi connectivity index (χ3v) is 11.1. The molecule has 0 atom stereocenters. The highest BCUT2D eigenvalue weighted by Gasteiger charge is 2.41. The fourth-order valence-electron chi connectivity index (χ4n) is 8.54. The number of fused-ring (bicyclic) bond motifs is 4. The minimum atomic E-state index is -0.347. The summed E-state index contributed by atoms with van der Waals surface area (Å²) in [4.78, 5) is 31.7. The number of hydrogen-bond acceptors (Lipinski definition) is 2. The number of carbonyl (C=O) groups is 2. The van der Waals surface area contributed by atoms with Crippen LogP contribution < -0.4 is 4.90 Å². The molecule has 10 rings (SSSR count). The van der Waals surface area contributed by atoms with E-state index in [1.165, 1.54) is 21.6 Å². The molecule has 0 spiro atoms. The van der Waals surface area contributed by atoms with Crippen molar-refractivity contribution in [3.05, 3.63) is 204 Å². The van der Waals surface area contributed by atoms with Crippen LogP contribution in [0.1, 0.15) is 31.8 Å². The Labute approximate surface area is 325 Å². The molecule has 0 N–H and O–H groups in total. The van der Waals surface area contributed by atoms with Gasteiger partial charge in [0.25, 0.3) is 11.8 Å². The van der Waals surface area contributed by atoms with E-state index in [-0.39, 0.29) is 11.8 Å². The smallest absolute Gasteiger partial charge is 0.268 e. The van der Waals surface area contributed by atoms with Crippen LogP contribution in [0.15, 0.2) is 182 Å². The van der Waals surface area contributed by atoms with Crippen LogP contribution in [-0.4, -0.2) is 16.4 Å². The van der Waals surface area contributed by atoms with Gasteiger partial charge < -0.3 is 4.57 Å². The van der Waals surface area contributed by atoms with Crippen LogP contribution in [0.5, 0.6) is 0 Å². The van der Waals surface area contributed by atoms with Crippen LogP contribution >= 0.6 is 0 Å². The zero-order valence-electron chi connectivity index (χ0n) is 31.0. The molecular formula is C52H36N2O2. The summed E-state index contributed by atoms with van der Waals surface area (Å²) >= 11 is 0. The van der Waals surface area contributed by atoms with Gasteiger partial charge >= 0.3 is 0 Å². The van der Waals surface area contributed by atoms with Gasteiger partial charge in [-0.2, -0.15) is 0 Å². The maximum atomic E-state index is 15.3. The number of benzene rings is 8. The van der Waals surface area contributed by atoms with E-state index in [0.29, 0.717) is 22.5 Å².